The third-order valence-electron chi connectivity index (χ3n) is 10.1. The molecule has 2 aromatic rings. The Balaban J connectivity index is 1.78. The Morgan fingerprint density at radius 2 is 0.935 bits per heavy atom. The van der Waals surface area contributed by atoms with E-state index in [1.807, 2.05) is 12.4 Å². The van der Waals surface area contributed by atoms with E-state index in [4.69, 9.17) is 9.98 Å². The highest BCUT2D eigenvalue weighted by Gasteiger charge is 2.27. The second kappa shape index (κ2) is 14.2. The molecule has 1 fully saturated rings. The maximum Gasteiger partial charge on any atom is 0.133 e. The summed E-state index contributed by atoms with van der Waals surface area (Å²) < 4.78 is 1.68. The molecule has 1 aliphatic heterocycles. The minimum atomic E-state index is -0.0421. The van der Waals surface area contributed by atoms with Crippen LogP contribution in [0.3, 0.4) is 0 Å². The van der Waals surface area contributed by atoms with Crippen LogP contribution in [-0.2, 0) is 23.9 Å². The minimum Gasteiger partial charge on any atom is -0.507 e. The fourth-order valence-electron chi connectivity index (χ4n) is 7.05. The van der Waals surface area contributed by atoms with E-state index >= 15 is 0 Å². The topological polar surface area (TPSA) is 65.2 Å². The number of quaternary nitrogens is 2. The molecule has 0 amide bonds. The smallest absolute Gasteiger partial charge is 0.133 e. The average molecular weight is 633 g/mol. The minimum absolute atomic E-state index is 0.0410. The van der Waals surface area contributed by atoms with Gasteiger partial charge in [0.25, 0.3) is 0 Å². The van der Waals surface area contributed by atoms with Gasteiger partial charge in [-0.3, -0.25) is 9.98 Å². The molecule has 1 aliphatic carbocycles. The zero-order chi connectivity index (χ0) is 33.9. The van der Waals surface area contributed by atoms with Crippen molar-refractivity contribution in [2.75, 3.05) is 41.3 Å². The molecule has 6 nitrogen and oxygen atoms in total. The monoisotopic (exact) mass is 633 g/mol. The summed E-state index contributed by atoms with van der Waals surface area (Å²) >= 11 is 0. The van der Waals surface area contributed by atoms with Crippen LogP contribution in [0.2, 0.25) is 0 Å². The van der Waals surface area contributed by atoms with E-state index < -0.39 is 0 Å². The van der Waals surface area contributed by atoms with E-state index in [0.717, 1.165) is 95.9 Å². The molecule has 1 saturated carbocycles. The quantitative estimate of drug-likeness (QED) is 0.287. The molecule has 2 atom stereocenters. The van der Waals surface area contributed by atoms with Crippen LogP contribution < -0.4 is 0 Å². The van der Waals surface area contributed by atoms with Crippen molar-refractivity contribution in [1.82, 2.24) is 0 Å². The van der Waals surface area contributed by atoms with Crippen molar-refractivity contribution in [1.29, 1.82) is 0 Å². The SMILES string of the molecule is CC(C)(C)c1cc2c(O)c(c1)C[N+](C)(C)CCCCCC[N+](C)(C)Cc1cc(C(C)(C)C)cc(c1O)C=N[C@@H]1CCCCC1N=C2. The number of hydrogen-bond donors (Lipinski definition) is 2. The standard InChI is InChI=1S/C40H62N4O2/c1-39(2,3)33-21-29-25-41-35-17-13-14-18-36(35)42-26-30-22-34(40(4,5)6)24-32(38(30)46)28-44(9,10)20-16-12-11-15-19-43(7,8)27-31(23-33)37(29)45/h21-26,35-36H,11-20,27-28H2,1-10H3/p+2/t35-,36?/m1/s1. The fourth-order valence-corrected chi connectivity index (χ4v) is 7.05. The Kier molecular flexibility index (Phi) is 11.2. The van der Waals surface area contributed by atoms with Crippen molar-refractivity contribution in [3.63, 3.8) is 0 Å². The lowest BCUT2D eigenvalue weighted by molar-refractivity contribution is -0.904. The van der Waals surface area contributed by atoms with Crippen molar-refractivity contribution in [2.24, 2.45) is 9.98 Å². The number of phenolic OH excluding ortho intramolecular Hbond substituents is 2. The van der Waals surface area contributed by atoms with Gasteiger partial charge in [0.1, 0.15) is 24.6 Å². The number of rotatable bonds is 0. The van der Waals surface area contributed by atoms with Crippen molar-refractivity contribution in [3.8, 4) is 11.5 Å². The van der Waals surface area contributed by atoms with E-state index in [-0.39, 0.29) is 22.9 Å². The Hall–Kier alpha value is -2.70. The highest BCUT2D eigenvalue weighted by atomic mass is 16.3. The average Bonchev–Trinajstić information content (AvgIpc) is 2.94. The van der Waals surface area contributed by atoms with E-state index in [9.17, 15) is 10.2 Å². The summed E-state index contributed by atoms with van der Waals surface area (Å²) in [5, 5.41) is 23.1. The number of hydrogen-bond acceptors (Lipinski definition) is 4. The summed E-state index contributed by atoms with van der Waals surface area (Å²) in [5.41, 5.74) is 5.98. The van der Waals surface area contributed by atoms with Gasteiger partial charge in [-0.05, 0) is 84.7 Å². The molecular weight excluding hydrogens is 568 g/mol. The molecule has 0 radical (unpaired) electrons. The molecule has 6 heteroatoms. The second-order valence-corrected chi connectivity index (χ2v) is 17.7. The van der Waals surface area contributed by atoms with Gasteiger partial charge >= 0.3 is 0 Å². The highest BCUT2D eigenvalue weighted by Crippen LogP contribution is 2.35. The Bertz CT molecular complexity index is 1300. The van der Waals surface area contributed by atoms with Crippen LogP contribution in [0.5, 0.6) is 11.5 Å². The summed E-state index contributed by atoms with van der Waals surface area (Å²) in [6.45, 7) is 17.1. The van der Waals surface area contributed by atoms with Gasteiger partial charge in [-0.15, -0.1) is 0 Å². The molecule has 0 saturated heterocycles. The predicted molar refractivity (Wildman–Crippen MR) is 195 cm³/mol. The Morgan fingerprint density at radius 1 is 0.565 bits per heavy atom. The van der Waals surface area contributed by atoms with Crippen LogP contribution in [0, 0.1) is 0 Å². The van der Waals surface area contributed by atoms with Gasteiger partial charge in [-0.25, -0.2) is 0 Å². The van der Waals surface area contributed by atoms with Gasteiger partial charge < -0.3 is 19.2 Å². The normalized spacial score (nSPS) is 23.2. The van der Waals surface area contributed by atoms with Crippen molar-refractivity contribution >= 4 is 12.4 Å². The van der Waals surface area contributed by atoms with E-state index in [0.29, 0.717) is 11.5 Å². The van der Waals surface area contributed by atoms with E-state index in [2.05, 4.69) is 94.0 Å². The summed E-state index contributed by atoms with van der Waals surface area (Å²) in [7, 11) is 9.14. The third kappa shape index (κ3) is 9.67. The molecule has 2 aliphatic rings. The first-order valence-electron chi connectivity index (χ1n) is 17.8. The maximum absolute atomic E-state index is 11.6. The van der Waals surface area contributed by atoms with E-state index in [1.165, 1.54) is 24.0 Å². The molecular formula is C40H64N4O2+2. The summed E-state index contributed by atoms with van der Waals surface area (Å²) in [6, 6.07) is 8.76. The Labute approximate surface area is 280 Å². The molecule has 2 aromatic carbocycles. The lowest BCUT2D eigenvalue weighted by atomic mass is 9.84. The Morgan fingerprint density at radius 3 is 1.28 bits per heavy atom. The largest absolute Gasteiger partial charge is 0.507 e. The number of aliphatic imine (C=N–C) groups is 2. The fraction of sp³-hybridized carbons (Fsp3) is 0.650. The van der Waals surface area contributed by atoms with Gasteiger partial charge in [0.15, 0.2) is 0 Å². The number of aromatic hydroxyl groups is 2. The molecule has 254 valence electrons. The van der Waals surface area contributed by atoms with Crippen LogP contribution in [0.1, 0.15) is 126 Å². The summed E-state index contributed by atoms with van der Waals surface area (Å²) in [5.74, 6) is 0.717. The molecule has 46 heavy (non-hydrogen) atoms. The molecule has 1 heterocycles. The zero-order valence-electron chi connectivity index (χ0n) is 30.8. The third-order valence-corrected chi connectivity index (χ3v) is 10.1. The van der Waals surface area contributed by atoms with Crippen LogP contribution in [0.15, 0.2) is 34.3 Å². The number of benzene rings is 2. The van der Waals surface area contributed by atoms with Crippen LogP contribution in [0.4, 0.5) is 0 Å². The van der Waals surface area contributed by atoms with Gasteiger partial charge in [-0.2, -0.15) is 0 Å². The van der Waals surface area contributed by atoms with Gasteiger partial charge in [-0.1, -0.05) is 54.4 Å². The number of phenols is 2. The van der Waals surface area contributed by atoms with Crippen molar-refractivity contribution in [2.45, 2.75) is 129 Å². The molecule has 2 N–H and O–H groups in total. The zero-order valence-corrected chi connectivity index (χ0v) is 30.8. The first kappa shape index (κ1) is 36.1. The van der Waals surface area contributed by atoms with E-state index in [1.54, 1.807) is 0 Å². The molecule has 4 bridgehead atoms. The predicted octanol–water partition coefficient (Wildman–Crippen LogP) is 8.27. The van der Waals surface area contributed by atoms with Crippen LogP contribution >= 0.6 is 0 Å². The van der Waals surface area contributed by atoms with Crippen molar-refractivity contribution < 1.29 is 19.2 Å². The summed E-state index contributed by atoms with van der Waals surface area (Å²) in [4.78, 5) is 10.2. The first-order chi connectivity index (χ1) is 21.3. The number of fused-ring (bicyclic) bond motifs is 5. The second-order valence-electron chi connectivity index (χ2n) is 17.7. The maximum atomic E-state index is 11.6. The molecule has 0 spiro atoms. The molecule has 1 unspecified atom stereocenters. The lowest BCUT2D eigenvalue weighted by Crippen LogP contribution is -2.40. The lowest BCUT2D eigenvalue weighted by Gasteiger charge is -2.32. The van der Waals surface area contributed by atoms with Crippen LogP contribution in [-0.4, -0.2) is 85.0 Å². The number of nitrogens with zero attached hydrogens (tertiary/aromatic N) is 4. The molecule has 4 rings (SSSR count). The first-order valence-corrected chi connectivity index (χ1v) is 17.8. The molecule has 0 aromatic heterocycles. The highest BCUT2D eigenvalue weighted by molar-refractivity contribution is 5.86. The van der Waals surface area contributed by atoms with Crippen molar-refractivity contribution in [3.05, 3.63) is 57.6 Å². The van der Waals surface area contributed by atoms with Gasteiger partial charge in [0.05, 0.1) is 53.4 Å². The summed E-state index contributed by atoms with van der Waals surface area (Å²) in [6.07, 6.45) is 12.7. The van der Waals surface area contributed by atoms with Gasteiger partial charge in [0, 0.05) is 34.7 Å². The van der Waals surface area contributed by atoms with Gasteiger partial charge in [0.2, 0.25) is 0 Å². The van der Waals surface area contributed by atoms with Crippen LogP contribution in [0.25, 0.3) is 0 Å².